The van der Waals surface area contributed by atoms with Crippen molar-refractivity contribution >= 4 is 0 Å². The lowest BCUT2D eigenvalue weighted by Crippen LogP contribution is -2.13. The molecule has 138 valence electrons. The minimum atomic E-state index is -1.22. The van der Waals surface area contributed by atoms with E-state index in [1.54, 1.807) is 10.7 Å². The molecule has 2 rings (SSSR count). The van der Waals surface area contributed by atoms with Crippen LogP contribution in [0.25, 0.3) is 0 Å². The van der Waals surface area contributed by atoms with E-state index >= 15 is 0 Å². The molecule has 0 bridgehead atoms. The number of rotatable bonds is 7. The number of nitrogens with one attached hydrogen (secondary N) is 1. The molecular formula is C18H24F3N3O. The molecule has 0 saturated heterocycles. The lowest BCUT2D eigenvalue weighted by atomic mass is 9.92. The highest BCUT2D eigenvalue weighted by Crippen LogP contribution is 2.23. The Morgan fingerprint density at radius 1 is 1.08 bits per heavy atom. The number of halogens is 3. The van der Waals surface area contributed by atoms with E-state index in [-0.39, 0.29) is 17.6 Å². The van der Waals surface area contributed by atoms with Gasteiger partial charge in [-0.25, -0.2) is 17.9 Å². The third kappa shape index (κ3) is 5.49. The molecule has 0 aliphatic carbocycles. The molecule has 0 fully saturated rings. The van der Waals surface area contributed by atoms with Gasteiger partial charge in [-0.15, -0.1) is 0 Å². The number of hydrogen-bond donors (Lipinski definition) is 1. The molecule has 4 nitrogen and oxygen atoms in total. The van der Waals surface area contributed by atoms with E-state index in [9.17, 15) is 13.2 Å². The molecule has 0 amide bonds. The summed E-state index contributed by atoms with van der Waals surface area (Å²) < 4.78 is 47.4. The molecule has 2 aromatic rings. The third-order valence-corrected chi connectivity index (χ3v) is 3.69. The predicted octanol–water partition coefficient (Wildman–Crippen LogP) is 4.04. The zero-order valence-electron chi connectivity index (χ0n) is 15.0. The molecule has 0 saturated carbocycles. The van der Waals surface area contributed by atoms with Crippen molar-refractivity contribution in [2.24, 2.45) is 5.41 Å². The van der Waals surface area contributed by atoms with Gasteiger partial charge in [0.2, 0.25) is 5.88 Å². The van der Waals surface area contributed by atoms with E-state index < -0.39 is 17.5 Å². The van der Waals surface area contributed by atoms with Crippen LogP contribution in [0.3, 0.4) is 0 Å². The summed E-state index contributed by atoms with van der Waals surface area (Å²) in [6.45, 7) is 7.39. The summed E-state index contributed by atoms with van der Waals surface area (Å²) >= 11 is 0. The van der Waals surface area contributed by atoms with Crippen LogP contribution in [0, 0.1) is 22.9 Å². The standard InChI is InChI=1S/C18H24F3N3O/c1-18(2,3)5-6-24-17(8-13(23-24)10-22-4)25-11-12-7-15(20)16(21)9-14(12)19/h7-9,22H,5-6,10-11H2,1-4H3. The fraction of sp³-hybridized carbons (Fsp3) is 0.500. The van der Waals surface area contributed by atoms with Gasteiger partial charge in [0.1, 0.15) is 12.4 Å². The molecule has 0 aliphatic heterocycles. The Morgan fingerprint density at radius 2 is 1.76 bits per heavy atom. The van der Waals surface area contributed by atoms with E-state index in [2.05, 4.69) is 31.2 Å². The zero-order chi connectivity index (χ0) is 18.6. The van der Waals surface area contributed by atoms with Crippen molar-refractivity contribution in [2.45, 2.75) is 46.9 Å². The molecule has 0 spiro atoms. The number of hydrogen-bond acceptors (Lipinski definition) is 3. The normalized spacial score (nSPS) is 11.8. The Kier molecular flexibility index (Phi) is 6.11. The maximum atomic E-state index is 13.7. The second kappa shape index (κ2) is 7.91. The van der Waals surface area contributed by atoms with E-state index in [0.717, 1.165) is 18.2 Å². The van der Waals surface area contributed by atoms with Gasteiger partial charge in [0.25, 0.3) is 0 Å². The number of aromatic nitrogens is 2. The summed E-state index contributed by atoms with van der Waals surface area (Å²) in [7, 11) is 1.81. The van der Waals surface area contributed by atoms with Crippen molar-refractivity contribution in [1.29, 1.82) is 0 Å². The minimum Gasteiger partial charge on any atom is -0.473 e. The first-order valence-electron chi connectivity index (χ1n) is 8.17. The van der Waals surface area contributed by atoms with Gasteiger partial charge < -0.3 is 10.1 Å². The van der Waals surface area contributed by atoms with Crippen LogP contribution in [0.4, 0.5) is 13.2 Å². The summed E-state index contributed by atoms with van der Waals surface area (Å²) in [5.74, 6) is -2.68. The van der Waals surface area contributed by atoms with Gasteiger partial charge >= 0.3 is 0 Å². The van der Waals surface area contributed by atoms with Crippen molar-refractivity contribution in [1.82, 2.24) is 15.1 Å². The second-order valence-corrected chi connectivity index (χ2v) is 7.18. The lowest BCUT2D eigenvalue weighted by molar-refractivity contribution is 0.254. The predicted molar refractivity (Wildman–Crippen MR) is 89.7 cm³/mol. The molecule has 1 aromatic heterocycles. The Bertz CT molecular complexity index is 723. The smallest absolute Gasteiger partial charge is 0.212 e. The van der Waals surface area contributed by atoms with Crippen LogP contribution in [-0.2, 0) is 19.7 Å². The molecule has 0 aliphatic rings. The molecule has 0 unspecified atom stereocenters. The van der Waals surface area contributed by atoms with Gasteiger partial charge in [-0.05, 0) is 24.9 Å². The monoisotopic (exact) mass is 355 g/mol. The molecule has 1 aromatic carbocycles. The van der Waals surface area contributed by atoms with Crippen LogP contribution >= 0.6 is 0 Å². The number of nitrogens with zero attached hydrogens (tertiary/aromatic N) is 2. The van der Waals surface area contributed by atoms with Crippen molar-refractivity contribution < 1.29 is 17.9 Å². The topological polar surface area (TPSA) is 39.1 Å². The summed E-state index contributed by atoms with van der Waals surface area (Å²) in [6, 6.07) is 3.10. The zero-order valence-corrected chi connectivity index (χ0v) is 15.0. The first kappa shape index (κ1) is 19.3. The van der Waals surface area contributed by atoms with Gasteiger partial charge in [-0.1, -0.05) is 20.8 Å². The Morgan fingerprint density at radius 3 is 2.40 bits per heavy atom. The van der Waals surface area contributed by atoms with Gasteiger partial charge in [-0.3, -0.25) is 0 Å². The summed E-state index contributed by atoms with van der Waals surface area (Å²) in [5.41, 5.74) is 0.869. The number of benzene rings is 1. The van der Waals surface area contributed by atoms with Crippen LogP contribution in [0.1, 0.15) is 38.4 Å². The summed E-state index contributed by atoms with van der Waals surface area (Å²) in [5, 5.41) is 7.48. The first-order chi connectivity index (χ1) is 11.7. The highest BCUT2D eigenvalue weighted by Gasteiger charge is 2.16. The average Bonchev–Trinajstić information content (AvgIpc) is 2.89. The third-order valence-electron chi connectivity index (χ3n) is 3.69. The van der Waals surface area contributed by atoms with Gasteiger partial charge in [-0.2, -0.15) is 5.10 Å². The van der Waals surface area contributed by atoms with Crippen molar-refractivity contribution in [3.05, 3.63) is 46.9 Å². The van der Waals surface area contributed by atoms with E-state index in [1.807, 2.05) is 7.05 Å². The van der Waals surface area contributed by atoms with E-state index in [1.165, 1.54) is 0 Å². The molecule has 1 N–H and O–H groups in total. The Hall–Kier alpha value is -2.02. The van der Waals surface area contributed by atoms with Gasteiger partial charge in [0.05, 0.1) is 5.69 Å². The molecule has 7 heteroatoms. The highest BCUT2D eigenvalue weighted by atomic mass is 19.2. The fourth-order valence-electron chi connectivity index (χ4n) is 2.26. The average molecular weight is 355 g/mol. The Balaban J connectivity index is 2.15. The first-order valence-corrected chi connectivity index (χ1v) is 8.17. The van der Waals surface area contributed by atoms with Gasteiger partial charge in [0.15, 0.2) is 11.6 Å². The van der Waals surface area contributed by atoms with Gasteiger partial charge in [0, 0.05) is 30.8 Å². The van der Waals surface area contributed by atoms with Crippen LogP contribution in [0.15, 0.2) is 18.2 Å². The minimum absolute atomic E-state index is 0.0439. The van der Waals surface area contributed by atoms with Crippen molar-refractivity contribution in [3.63, 3.8) is 0 Å². The number of aryl methyl sites for hydroxylation is 1. The fourth-order valence-corrected chi connectivity index (χ4v) is 2.26. The quantitative estimate of drug-likeness (QED) is 0.762. The largest absolute Gasteiger partial charge is 0.473 e. The highest BCUT2D eigenvalue weighted by molar-refractivity contribution is 5.21. The summed E-state index contributed by atoms with van der Waals surface area (Å²) in [4.78, 5) is 0. The SMILES string of the molecule is CNCc1cc(OCc2cc(F)c(F)cc2F)n(CCC(C)(C)C)n1. The van der Waals surface area contributed by atoms with Crippen LogP contribution in [0.5, 0.6) is 5.88 Å². The maximum Gasteiger partial charge on any atom is 0.212 e. The second-order valence-electron chi connectivity index (χ2n) is 7.18. The molecule has 0 atom stereocenters. The van der Waals surface area contributed by atoms with Crippen molar-refractivity contribution in [2.75, 3.05) is 7.05 Å². The maximum absolute atomic E-state index is 13.7. The number of ether oxygens (including phenoxy) is 1. The van der Waals surface area contributed by atoms with Crippen LogP contribution < -0.4 is 10.1 Å². The van der Waals surface area contributed by atoms with E-state index in [0.29, 0.717) is 25.0 Å². The lowest BCUT2D eigenvalue weighted by Gasteiger charge is -2.18. The molecule has 0 radical (unpaired) electrons. The molecule has 25 heavy (non-hydrogen) atoms. The molecule has 1 heterocycles. The Labute approximate surface area is 146 Å². The van der Waals surface area contributed by atoms with E-state index in [4.69, 9.17) is 4.74 Å². The van der Waals surface area contributed by atoms with Crippen LogP contribution in [0.2, 0.25) is 0 Å². The van der Waals surface area contributed by atoms with Crippen LogP contribution in [-0.4, -0.2) is 16.8 Å². The molecular weight excluding hydrogens is 331 g/mol. The summed E-state index contributed by atoms with van der Waals surface area (Å²) in [6.07, 6.45) is 0.879. The van der Waals surface area contributed by atoms with Crippen molar-refractivity contribution in [3.8, 4) is 5.88 Å².